The quantitative estimate of drug-likeness (QED) is 0.690. The lowest BCUT2D eigenvalue weighted by molar-refractivity contribution is 0.113. The van der Waals surface area contributed by atoms with Crippen LogP contribution in [-0.4, -0.2) is 122 Å². The van der Waals surface area contributed by atoms with Crippen LogP contribution in [-0.2, 0) is 0 Å². The summed E-state index contributed by atoms with van der Waals surface area (Å²) in [5.41, 5.74) is 0. The monoisotopic (exact) mass is 346 g/mol. The number of piperazine rings is 2. The summed E-state index contributed by atoms with van der Waals surface area (Å²) >= 11 is 0. The molecule has 0 aromatic heterocycles. The molecule has 2 saturated heterocycles. The molecule has 6 nitrogen and oxygen atoms in total. The van der Waals surface area contributed by atoms with Crippen molar-refractivity contribution in [3.05, 3.63) is 0 Å². The largest absolute Gasteiger partial charge is 0.395 e. The summed E-state index contributed by atoms with van der Waals surface area (Å²) in [5, 5.41) is 17.4. The van der Waals surface area contributed by atoms with Gasteiger partial charge >= 0.3 is 0 Å². The minimum absolute atomic E-state index is 0. The molecule has 2 aliphatic heterocycles. The van der Waals surface area contributed by atoms with E-state index in [2.05, 4.69) is 33.4 Å². The Hall–Kier alpha value is -0.240. The van der Waals surface area contributed by atoms with Crippen molar-refractivity contribution >= 4 is 0 Å². The molecule has 6 heteroatoms. The Balaban J connectivity index is 0.000000425. The van der Waals surface area contributed by atoms with Crippen molar-refractivity contribution in [3.8, 4) is 0 Å². The second-order valence-corrected chi connectivity index (χ2v) is 6.41. The number of hydrogen-bond acceptors (Lipinski definition) is 6. The molecule has 0 saturated carbocycles. The highest BCUT2D eigenvalue weighted by molar-refractivity contribution is 4.71. The zero-order valence-electron chi connectivity index (χ0n) is 15.3. The third-order valence-corrected chi connectivity index (χ3v) is 4.75. The van der Waals surface area contributed by atoms with Crippen molar-refractivity contribution in [2.75, 3.05) is 91.8 Å². The maximum Gasteiger partial charge on any atom is 0.0558 e. The molecule has 2 aliphatic rings. The molecule has 0 aromatic carbocycles. The van der Waals surface area contributed by atoms with Crippen LogP contribution in [0.15, 0.2) is 0 Å². The van der Waals surface area contributed by atoms with E-state index in [0.29, 0.717) is 13.2 Å². The van der Waals surface area contributed by atoms with Crippen LogP contribution in [0.2, 0.25) is 0 Å². The Labute approximate surface area is 150 Å². The van der Waals surface area contributed by atoms with Crippen LogP contribution in [0.4, 0.5) is 0 Å². The van der Waals surface area contributed by atoms with Crippen molar-refractivity contribution in [1.29, 1.82) is 0 Å². The van der Waals surface area contributed by atoms with Crippen molar-refractivity contribution in [3.63, 3.8) is 0 Å². The standard InChI is InChI=1S/C9H20N2O.C8H18N2O.CH4/c1-2-3-10-4-6-11(7-5-10)8-9-12;1-2-9-3-5-10(6-4-9)7-8-11;/h12H,2-9H2,1H3;11H,2-8H2,1H3;1H4. The van der Waals surface area contributed by atoms with E-state index >= 15 is 0 Å². The number of aliphatic hydroxyl groups is 2. The predicted octanol–water partition coefficient (Wildman–Crippen LogP) is 0.259. The lowest BCUT2D eigenvalue weighted by Crippen LogP contribution is -2.47. The average Bonchev–Trinajstić information content (AvgIpc) is 2.59. The van der Waals surface area contributed by atoms with Gasteiger partial charge in [0, 0.05) is 65.4 Å². The third kappa shape index (κ3) is 9.91. The molecule has 0 aromatic rings. The Kier molecular flexibility index (Phi) is 14.9. The van der Waals surface area contributed by atoms with Crippen molar-refractivity contribution in [1.82, 2.24) is 19.6 Å². The Morgan fingerprint density at radius 2 is 0.917 bits per heavy atom. The summed E-state index contributed by atoms with van der Waals surface area (Å²) in [6.07, 6.45) is 1.25. The van der Waals surface area contributed by atoms with Gasteiger partial charge in [-0.1, -0.05) is 21.3 Å². The van der Waals surface area contributed by atoms with Crippen LogP contribution in [0.1, 0.15) is 27.7 Å². The molecule has 2 fully saturated rings. The number of nitrogens with zero attached hydrogens (tertiary/aromatic N) is 4. The summed E-state index contributed by atoms with van der Waals surface area (Å²) in [6, 6.07) is 0. The van der Waals surface area contributed by atoms with Gasteiger partial charge in [0.15, 0.2) is 0 Å². The van der Waals surface area contributed by atoms with E-state index < -0.39 is 0 Å². The molecule has 146 valence electrons. The van der Waals surface area contributed by atoms with Gasteiger partial charge in [0.2, 0.25) is 0 Å². The minimum Gasteiger partial charge on any atom is -0.395 e. The van der Waals surface area contributed by atoms with Crippen LogP contribution < -0.4 is 0 Å². The molecule has 0 spiro atoms. The van der Waals surface area contributed by atoms with E-state index in [1.807, 2.05) is 0 Å². The fourth-order valence-corrected chi connectivity index (χ4v) is 3.16. The third-order valence-electron chi connectivity index (χ3n) is 4.75. The summed E-state index contributed by atoms with van der Waals surface area (Å²) in [6.45, 7) is 18.3. The molecular weight excluding hydrogens is 304 g/mol. The van der Waals surface area contributed by atoms with Crippen LogP contribution in [0.5, 0.6) is 0 Å². The van der Waals surface area contributed by atoms with E-state index in [1.54, 1.807) is 0 Å². The zero-order chi connectivity index (χ0) is 16.9. The van der Waals surface area contributed by atoms with Gasteiger partial charge in [-0.2, -0.15) is 0 Å². The van der Waals surface area contributed by atoms with Gasteiger partial charge in [-0.05, 0) is 19.5 Å². The average molecular weight is 347 g/mol. The van der Waals surface area contributed by atoms with Gasteiger partial charge in [-0.15, -0.1) is 0 Å². The van der Waals surface area contributed by atoms with Gasteiger partial charge in [0.1, 0.15) is 0 Å². The minimum atomic E-state index is 0. The highest BCUT2D eigenvalue weighted by Gasteiger charge is 2.15. The van der Waals surface area contributed by atoms with Gasteiger partial charge < -0.3 is 20.0 Å². The number of hydrogen-bond donors (Lipinski definition) is 2. The SMILES string of the molecule is C.CCCN1CCN(CCO)CC1.CCN1CCN(CCO)CC1. The second-order valence-electron chi connectivity index (χ2n) is 6.41. The fraction of sp³-hybridized carbons (Fsp3) is 1.00. The molecule has 2 N–H and O–H groups in total. The molecule has 0 radical (unpaired) electrons. The van der Waals surface area contributed by atoms with Crippen molar-refractivity contribution in [2.45, 2.75) is 27.7 Å². The summed E-state index contributed by atoms with van der Waals surface area (Å²) in [4.78, 5) is 9.57. The molecule has 0 atom stereocenters. The van der Waals surface area contributed by atoms with Gasteiger partial charge in [0.25, 0.3) is 0 Å². The molecule has 2 rings (SSSR count). The molecule has 0 unspecified atom stereocenters. The maximum absolute atomic E-state index is 8.73. The lowest BCUT2D eigenvalue weighted by atomic mass is 10.3. The first kappa shape index (κ1) is 23.8. The number of likely N-dealkylation sites (N-methyl/N-ethyl adjacent to an activating group) is 1. The molecule has 2 heterocycles. The summed E-state index contributed by atoms with van der Waals surface area (Å²) < 4.78 is 0. The Morgan fingerprint density at radius 3 is 1.21 bits per heavy atom. The maximum atomic E-state index is 8.73. The van der Waals surface area contributed by atoms with E-state index in [9.17, 15) is 0 Å². The van der Waals surface area contributed by atoms with Crippen LogP contribution in [0.3, 0.4) is 0 Å². The van der Waals surface area contributed by atoms with Crippen LogP contribution >= 0.6 is 0 Å². The Bertz CT molecular complexity index is 252. The van der Waals surface area contributed by atoms with Crippen LogP contribution in [0, 0.1) is 0 Å². The van der Waals surface area contributed by atoms with Crippen LogP contribution in [0.25, 0.3) is 0 Å². The van der Waals surface area contributed by atoms with E-state index in [-0.39, 0.29) is 7.43 Å². The highest BCUT2D eigenvalue weighted by atomic mass is 16.3. The predicted molar refractivity (Wildman–Crippen MR) is 103 cm³/mol. The van der Waals surface area contributed by atoms with E-state index in [1.165, 1.54) is 26.1 Å². The molecule has 24 heavy (non-hydrogen) atoms. The van der Waals surface area contributed by atoms with Crippen molar-refractivity contribution in [2.24, 2.45) is 0 Å². The summed E-state index contributed by atoms with van der Waals surface area (Å²) in [7, 11) is 0. The highest BCUT2D eigenvalue weighted by Crippen LogP contribution is 2.01. The molecule has 0 bridgehead atoms. The smallest absolute Gasteiger partial charge is 0.0558 e. The molecule has 0 aliphatic carbocycles. The lowest BCUT2D eigenvalue weighted by Gasteiger charge is -2.34. The van der Waals surface area contributed by atoms with Gasteiger partial charge in [-0.3, -0.25) is 9.80 Å². The van der Waals surface area contributed by atoms with Gasteiger partial charge in [-0.25, -0.2) is 0 Å². The first-order valence-electron chi connectivity index (χ1n) is 9.34. The van der Waals surface area contributed by atoms with E-state index in [0.717, 1.165) is 58.9 Å². The van der Waals surface area contributed by atoms with Gasteiger partial charge in [0.05, 0.1) is 13.2 Å². The number of aliphatic hydroxyl groups excluding tert-OH is 2. The number of rotatable bonds is 7. The molecule has 0 amide bonds. The van der Waals surface area contributed by atoms with E-state index in [4.69, 9.17) is 10.2 Å². The zero-order valence-corrected chi connectivity index (χ0v) is 15.3. The summed E-state index contributed by atoms with van der Waals surface area (Å²) in [5.74, 6) is 0. The Morgan fingerprint density at radius 1 is 0.583 bits per heavy atom. The fourth-order valence-electron chi connectivity index (χ4n) is 3.16. The van der Waals surface area contributed by atoms with Crippen molar-refractivity contribution < 1.29 is 10.2 Å². The first-order chi connectivity index (χ1) is 11.2. The normalized spacial score (nSPS) is 21.0. The first-order valence-corrected chi connectivity index (χ1v) is 9.34. The number of β-amino-alcohol motifs (C(OH)–C–C–N with tert-alkyl or cyclic N) is 2. The molecular formula is C18H42N4O2. The topological polar surface area (TPSA) is 53.4 Å². The second kappa shape index (κ2) is 15.0.